The summed E-state index contributed by atoms with van der Waals surface area (Å²) in [5.74, 6) is -4.81. The Morgan fingerprint density at radius 1 is 0.789 bits per heavy atom. The molecule has 12 nitrogen and oxygen atoms in total. The normalized spacial score (nSPS) is 23.1. The van der Waals surface area contributed by atoms with E-state index in [-0.39, 0.29) is 22.6 Å². The Balaban J connectivity index is 1.79. The van der Waals surface area contributed by atoms with Gasteiger partial charge in [0, 0.05) is 11.6 Å². The largest absolute Gasteiger partial charge is 0.508 e. The number of rotatable bonds is 6. The molecule has 1 fully saturated rings. The number of hydrogen-bond donors (Lipinski definition) is 8. The maximum atomic E-state index is 13.1. The van der Waals surface area contributed by atoms with E-state index in [1.165, 1.54) is 48.5 Å². The molecule has 0 unspecified atom stereocenters. The Bertz CT molecular complexity index is 1340. The lowest BCUT2D eigenvalue weighted by Gasteiger charge is -2.42. The zero-order valence-electron chi connectivity index (χ0n) is 19.5. The Hall–Kier alpha value is -4.36. The number of aliphatic hydroxyl groups is 3. The summed E-state index contributed by atoms with van der Waals surface area (Å²) in [7, 11) is 0. The van der Waals surface area contributed by atoms with E-state index in [0.717, 1.165) is 6.07 Å². The van der Waals surface area contributed by atoms with Crippen molar-refractivity contribution in [2.45, 2.75) is 30.5 Å². The van der Waals surface area contributed by atoms with Crippen molar-refractivity contribution in [1.82, 2.24) is 0 Å². The maximum absolute atomic E-state index is 13.1. The number of aromatic hydroxyl groups is 5. The van der Waals surface area contributed by atoms with Crippen molar-refractivity contribution >= 4 is 11.8 Å². The highest BCUT2D eigenvalue weighted by molar-refractivity contribution is 6.13. The standard InChI is InChI=1S/C26H24O12/c27-10-17-21(33)23(35)25(38-26(36)12-3-7-14(29)8-4-12)24(37-17)19-16(31)9-15(30)18(22(19)34)20(32)11-1-5-13(28)6-2-11/h1-9,17,21,23-25,27-31,33-35H,10H2/t17-,21-,23+,24-,25-/m1/s1. The van der Waals surface area contributed by atoms with Crippen molar-refractivity contribution < 1.29 is 59.9 Å². The minimum Gasteiger partial charge on any atom is -0.508 e. The predicted octanol–water partition coefficient (Wildman–Crippen LogP) is 0.825. The first-order valence-corrected chi connectivity index (χ1v) is 11.3. The van der Waals surface area contributed by atoms with E-state index in [2.05, 4.69) is 0 Å². The van der Waals surface area contributed by atoms with Gasteiger partial charge >= 0.3 is 5.97 Å². The van der Waals surface area contributed by atoms with Gasteiger partial charge in [-0.25, -0.2) is 4.79 Å². The third kappa shape index (κ3) is 4.93. The van der Waals surface area contributed by atoms with Crippen molar-refractivity contribution in [3.63, 3.8) is 0 Å². The number of carbonyl (C=O) groups is 2. The van der Waals surface area contributed by atoms with Gasteiger partial charge in [0.2, 0.25) is 5.78 Å². The average Bonchev–Trinajstić information content (AvgIpc) is 2.88. The predicted molar refractivity (Wildman–Crippen MR) is 127 cm³/mol. The van der Waals surface area contributed by atoms with Crippen molar-refractivity contribution in [2.24, 2.45) is 0 Å². The van der Waals surface area contributed by atoms with Gasteiger partial charge in [-0.05, 0) is 48.5 Å². The van der Waals surface area contributed by atoms with Crippen molar-refractivity contribution in [2.75, 3.05) is 6.61 Å². The molecule has 0 amide bonds. The highest BCUT2D eigenvalue weighted by Gasteiger charge is 2.49. The number of esters is 1. The van der Waals surface area contributed by atoms with E-state index in [9.17, 15) is 50.4 Å². The monoisotopic (exact) mass is 528 g/mol. The molecule has 5 atom stereocenters. The summed E-state index contributed by atoms with van der Waals surface area (Å²) in [6.45, 7) is -0.813. The Morgan fingerprint density at radius 2 is 1.34 bits per heavy atom. The smallest absolute Gasteiger partial charge is 0.338 e. The lowest BCUT2D eigenvalue weighted by molar-refractivity contribution is -0.232. The van der Waals surface area contributed by atoms with Gasteiger partial charge in [0.25, 0.3) is 0 Å². The lowest BCUT2D eigenvalue weighted by atomic mass is 9.88. The van der Waals surface area contributed by atoms with E-state index < -0.39 is 77.3 Å². The second-order valence-corrected chi connectivity index (χ2v) is 8.60. The average molecular weight is 528 g/mol. The van der Waals surface area contributed by atoms with Gasteiger partial charge in [-0.15, -0.1) is 0 Å². The number of carbonyl (C=O) groups excluding carboxylic acids is 2. The zero-order chi connectivity index (χ0) is 27.7. The van der Waals surface area contributed by atoms with Crippen LogP contribution in [0.15, 0.2) is 54.6 Å². The molecule has 0 aliphatic carbocycles. The summed E-state index contributed by atoms with van der Waals surface area (Å²) in [4.78, 5) is 25.9. The second kappa shape index (κ2) is 10.6. The van der Waals surface area contributed by atoms with Gasteiger partial charge in [0.15, 0.2) is 6.10 Å². The van der Waals surface area contributed by atoms with Crippen LogP contribution in [-0.4, -0.2) is 83.6 Å². The van der Waals surface area contributed by atoms with Crippen molar-refractivity contribution in [1.29, 1.82) is 0 Å². The fourth-order valence-corrected chi connectivity index (χ4v) is 4.16. The molecule has 0 spiro atoms. The number of aliphatic hydroxyl groups excluding tert-OH is 3. The SMILES string of the molecule is O=C(O[C@@H]1[C@@H](O)[C@H](O)[C@@H](CO)O[C@@H]1c1c(O)cc(O)c(C(=O)c2ccc(O)cc2)c1O)c1ccc(O)cc1. The van der Waals surface area contributed by atoms with E-state index in [1.807, 2.05) is 0 Å². The summed E-state index contributed by atoms with van der Waals surface area (Å²) in [6, 6.07) is 10.4. The lowest BCUT2D eigenvalue weighted by Crippen LogP contribution is -2.56. The first-order chi connectivity index (χ1) is 18.0. The van der Waals surface area contributed by atoms with Crippen LogP contribution in [0.1, 0.15) is 37.9 Å². The molecule has 3 aromatic carbocycles. The molecule has 200 valence electrons. The summed E-state index contributed by atoms with van der Waals surface area (Å²) in [5, 5.41) is 81.8. The molecule has 0 aromatic heterocycles. The van der Waals surface area contributed by atoms with E-state index >= 15 is 0 Å². The molecule has 0 bridgehead atoms. The minimum atomic E-state index is -1.89. The first kappa shape index (κ1) is 26.7. The van der Waals surface area contributed by atoms with Gasteiger partial charge in [0.1, 0.15) is 58.7 Å². The van der Waals surface area contributed by atoms with Crippen LogP contribution in [-0.2, 0) is 9.47 Å². The van der Waals surface area contributed by atoms with Crippen LogP contribution in [0.5, 0.6) is 28.7 Å². The molecule has 1 aliphatic rings. The van der Waals surface area contributed by atoms with E-state index in [1.54, 1.807) is 0 Å². The zero-order valence-corrected chi connectivity index (χ0v) is 19.5. The summed E-state index contributed by atoms with van der Waals surface area (Å²) in [6.07, 6.45) is -8.63. The third-order valence-corrected chi connectivity index (χ3v) is 6.15. The number of ether oxygens (including phenoxy) is 2. The van der Waals surface area contributed by atoms with Crippen LogP contribution >= 0.6 is 0 Å². The van der Waals surface area contributed by atoms with Crippen molar-refractivity contribution in [3.8, 4) is 28.7 Å². The highest BCUT2D eigenvalue weighted by Crippen LogP contribution is 2.47. The second-order valence-electron chi connectivity index (χ2n) is 8.60. The van der Waals surface area contributed by atoms with Gasteiger partial charge in [0.05, 0.1) is 17.7 Å². The van der Waals surface area contributed by atoms with Crippen LogP contribution in [0, 0.1) is 0 Å². The van der Waals surface area contributed by atoms with Crippen LogP contribution in [0.3, 0.4) is 0 Å². The van der Waals surface area contributed by atoms with E-state index in [0.29, 0.717) is 0 Å². The van der Waals surface area contributed by atoms with Crippen LogP contribution in [0.2, 0.25) is 0 Å². The Labute approximate surface area is 214 Å². The molecule has 1 heterocycles. The fourth-order valence-electron chi connectivity index (χ4n) is 4.16. The Morgan fingerprint density at radius 3 is 1.89 bits per heavy atom. The fraction of sp³-hybridized carbons (Fsp3) is 0.231. The summed E-state index contributed by atoms with van der Waals surface area (Å²) < 4.78 is 11.0. The molecule has 38 heavy (non-hydrogen) atoms. The number of hydrogen-bond acceptors (Lipinski definition) is 12. The molecule has 0 radical (unpaired) electrons. The Kier molecular flexibility index (Phi) is 7.41. The van der Waals surface area contributed by atoms with Gasteiger partial charge in [-0.3, -0.25) is 4.79 Å². The van der Waals surface area contributed by atoms with Gasteiger partial charge in [-0.1, -0.05) is 0 Å². The molecule has 4 rings (SSSR count). The number of benzene rings is 3. The molecule has 0 saturated carbocycles. The molecule has 12 heteroatoms. The third-order valence-electron chi connectivity index (χ3n) is 6.15. The number of phenols is 5. The molecule has 1 saturated heterocycles. The molecule has 8 N–H and O–H groups in total. The minimum absolute atomic E-state index is 0.0476. The highest BCUT2D eigenvalue weighted by atomic mass is 16.6. The molecular weight excluding hydrogens is 504 g/mol. The summed E-state index contributed by atoms with van der Waals surface area (Å²) in [5.41, 5.74) is -1.35. The molecule has 1 aliphatic heterocycles. The van der Waals surface area contributed by atoms with Crippen LogP contribution in [0.4, 0.5) is 0 Å². The van der Waals surface area contributed by atoms with Gasteiger partial charge in [-0.2, -0.15) is 0 Å². The first-order valence-electron chi connectivity index (χ1n) is 11.3. The number of phenolic OH excluding ortho intramolecular Hbond substituents is 5. The quantitative estimate of drug-likeness (QED) is 0.165. The molecule has 3 aromatic rings. The van der Waals surface area contributed by atoms with Crippen LogP contribution in [0.25, 0.3) is 0 Å². The molecular formula is C26H24O12. The maximum Gasteiger partial charge on any atom is 0.338 e. The number of ketones is 1. The van der Waals surface area contributed by atoms with E-state index in [4.69, 9.17) is 9.47 Å². The topological polar surface area (TPSA) is 214 Å². The summed E-state index contributed by atoms with van der Waals surface area (Å²) >= 11 is 0. The van der Waals surface area contributed by atoms with Gasteiger partial charge < -0.3 is 50.3 Å². The van der Waals surface area contributed by atoms with Crippen molar-refractivity contribution in [3.05, 3.63) is 76.9 Å². The van der Waals surface area contributed by atoms with Crippen LogP contribution < -0.4 is 0 Å².